The molecule has 0 bridgehead atoms. The SMILES string of the molecule is CN=C(NCCNc1ncnc2c1cnn2C)NC1CCN(CC(F)(F)F)C1.I. The number of likely N-dealkylation sites (tertiary alicyclic amines) is 1. The number of halogens is 4. The molecule has 1 saturated heterocycles. The molecule has 0 saturated carbocycles. The Morgan fingerprint density at radius 3 is 2.83 bits per heavy atom. The lowest BCUT2D eigenvalue weighted by atomic mass is 10.3. The van der Waals surface area contributed by atoms with Crippen LogP contribution in [0.15, 0.2) is 17.5 Å². The predicted octanol–water partition coefficient (Wildman–Crippen LogP) is 1.19. The molecule has 3 rings (SSSR count). The van der Waals surface area contributed by atoms with E-state index >= 15 is 0 Å². The van der Waals surface area contributed by atoms with Gasteiger partial charge in [0.25, 0.3) is 0 Å². The fraction of sp³-hybridized carbons (Fsp3) is 0.625. The molecule has 3 N–H and O–H groups in total. The number of nitrogens with one attached hydrogen (secondary N) is 3. The molecule has 1 aliphatic rings. The van der Waals surface area contributed by atoms with Gasteiger partial charge in [0.2, 0.25) is 0 Å². The zero-order chi connectivity index (χ0) is 20.1. The summed E-state index contributed by atoms with van der Waals surface area (Å²) in [4.78, 5) is 14.0. The van der Waals surface area contributed by atoms with E-state index in [1.807, 2.05) is 7.05 Å². The Bertz CT molecular complexity index is 824. The molecule has 0 amide bonds. The number of nitrogens with zero attached hydrogens (tertiary/aromatic N) is 6. The first kappa shape index (κ1) is 23.4. The number of aliphatic imine (C=N–C) groups is 1. The van der Waals surface area contributed by atoms with Gasteiger partial charge in [-0.15, -0.1) is 24.0 Å². The van der Waals surface area contributed by atoms with E-state index in [0.717, 1.165) is 11.0 Å². The first-order valence-corrected chi connectivity index (χ1v) is 8.98. The number of anilines is 1. The van der Waals surface area contributed by atoms with Crippen LogP contribution in [0.4, 0.5) is 19.0 Å². The highest BCUT2D eigenvalue weighted by Gasteiger charge is 2.34. The molecule has 1 aliphatic heterocycles. The lowest BCUT2D eigenvalue weighted by molar-refractivity contribution is -0.143. The Balaban J connectivity index is 0.00000300. The first-order chi connectivity index (χ1) is 13.4. The van der Waals surface area contributed by atoms with Crippen molar-refractivity contribution >= 4 is 46.8 Å². The largest absolute Gasteiger partial charge is 0.401 e. The Kier molecular flexibility index (Phi) is 8.24. The van der Waals surface area contributed by atoms with Crippen LogP contribution >= 0.6 is 24.0 Å². The average molecular weight is 527 g/mol. The van der Waals surface area contributed by atoms with Crippen LogP contribution < -0.4 is 16.0 Å². The molecule has 0 radical (unpaired) electrons. The fourth-order valence-electron chi connectivity index (χ4n) is 3.20. The molecule has 0 spiro atoms. The summed E-state index contributed by atoms with van der Waals surface area (Å²) in [5.41, 5.74) is 0.743. The maximum atomic E-state index is 12.5. The van der Waals surface area contributed by atoms with Crippen molar-refractivity contribution in [1.29, 1.82) is 0 Å². The Morgan fingerprint density at radius 1 is 1.31 bits per heavy atom. The zero-order valence-electron chi connectivity index (χ0n) is 16.2. The summed E-state index contributed by atoms with van der Waals surface area (Å²) in [6.07, 6.45) is -0.332. The van der Waals surface area contributed by atoms with Crippen LogP contribution in [-0.4, -0.2) is 82.6 Å². The normalized spacial score (nSPS) is 18.0. The second kappa shape index (κ2) is 10.2. The number of alkyl halides is 3. The monoisotopic (exact) mass is 527 g/mol. The summed E-state index contributed by atoms with van der Waals surface area (Å²) in [5.74, 6) is 1.26. The van der Waals surface area contributed by atoms with Crippen molar-refractivity contribution in [3.8, 4) is 0 Å². The van der Waals surface area contributed by atoms with Crippen molar-refractivity contribution in [1.82, 2.24) is 35.3 Å². The van der Waals surface area contributed by atoms with E-state index in [-0.39, 0.29) is 30.0 Å². The number of aryl methyl sites for hydroxylation is 1. The van der Waals surface area contributed by atoms with E-state index in [1.54, 1.807) is 17.9 Å². The standard InChI is InChI=1S/C16H24F3N9.HI/c1-20-15(26-11-3-6-28(8-11)9-16(17,18)19)22-5-4-21-13-12-7-25-27(2)14(12)24-10-23-13;/h7,10-11H,3-6,8-9H2,1-2H3,(H2,20,22,26)(H,21,23,24);1H. The van der Waals surface area contributed by atoms with E-state index in [2.05, 4.69) is 36.0 Å². The topological polar surface area (TPSA) is 95.3 Å². The van der Waals surface area contributed by atoms with Gasteiger partial charge in [-0.1, -0.05) is 0 Å². The summed E-state index contributed by atoms with van der Waals surface area (Å²) < 4.78 is 39.1. The fourth-order valence-corrected chi connectivity index (χ4v) is 3.20. The number of aromatic nitrogens is 4. The molecule has 13 heteroatoms. The minimum atomic E-state index is -4.17. The first-order valence-electron chi connectivity index (χ1n) is 8.98. The highest BCUT2D eigenvalue weighted by Crippen LogP contribution is 2.20. The van der Waals surface area contributed by atoms with Gasteiger partial charge in [-0.05, 0) is 6.42 Å². The Morgan fingerprint density at radius 2 is 2.10 bits per heavy atom. The smallest absolute Gasteiger partial charge is 0.368 e. The van der Waals surface area contributed by atoms with Crippen molar-refractivity contribution in [3.05, 3.63) is 12.5 Å². The molecule has 2 aromatic heterocycles. The third-order valence-corrected chi connectivity index (χ3v) is 4.48. The van der Waals surface area contributed by atoms with Gasteiger partial charge in [0.05, 0.1) is 18.1 Å². The average Bonchev–Trinajstić information content (AvgIpc) is 3.23. The minimum absolute atomic E-state index is 0. The van der Waals surface area contributed by atoms with Crippen LogP contribution in [0.2, 0.25) is 0 Å². The van der Waals surface area contributed by atoms with Gasteiger partial charge in [-0.25, -0.2) is 9.97 Å². The number of hydrogen-bond acceptors (Lipinski definition) is 6. The van der Waals surface area contributed by atoms with Crippen LogP contribution in [-0.2, 0) is 7.05 Å². The number of guanidine groups is 1. The van der Waals surface area contributed by atoms with Crippen LogP contribution in [0.25, 0.3) is 11.0 Å². The van der Waals surface area contributed by atoms with Crippen molar-refractivity contribution < 1.29 is 13.2 Å². The molecule has 0 aliphatic carbocycles. The third-order valence-electron chi connectivity index (χ3n) is 4.48. The molecule has 162 valence electrons. The second-order valence-corrected chi connectivity index (χ2v) is 6.63. The highest BCUT2D eigenvalue weighted by atomic mass is 127. The van der Waals surface area contributed by atoms with E-state index < -0.39 is 12.7 Å². The van der Waals surface area contributed by atoms with Gasteiger partial charge < -0.3 is 16.0 Å². The third kappa shape index (κ3) is 6.55. The van der Waals surface area contributed by atoms with Crippen LogP contribution in [0.1, 0.15) is 6.42 Å². The summed E-state index contributed by atoms with van der Waals surface area (Å²) in [6.45, 7) is 1.03. The Labute approximate surface area is 183 Å². The van der Waals surface area contributed by atoms with Gasteiger partial charge in [0.1, 0.15) is 12.1 Å². The number of rotatable bonds is 6. The summed E-state index contributed by atoms with van der Waals surface area (Å²) in [6, 6.07) is -0.0570. The van der Waals surface area contributed by atoms with Gasteiger partial charge in [0.15, 0.2) is 11.6 Å². The zero-order valence-corrected chi connectivity index (χ0v) is 18.5. The molecule has 29 heavy (non-hydrogen) atoms. The Hall–Kier alpha value is -1.90. The molecule has 2 aromatic rings. The lowest BCUT2D eigenvalue weighted by Gasteiger charge is -2.20. The second-order valence-electron chi connectivity index (χ2n) is 6.63. The van der Waals surface area contributed by atoms with Crippen molar-refractivity contribution in [2.75, 3.05) is 45.1 Å². The molecular weight excluding hydrogens is 502 g/mol. The van der Waals surface area contributed by atoms with E-state index in [4.69, 9.17) is 0 Å². The molecular formula is C16H25F3IN9. The van der Waals surface area contributed by atoms with Gasteiger partial charge >= 0.3 is 6.18 Å². The van der Waals surface area contributed by atoms with Crippen molar-refractivity contribution in [3.63, 3.8) is 0 Å². The summed E-state index contributed by atoms with van der Waals surface area (Å²) in [5, 5.41) is 14.6. The summed E-state index contributed by atoms with van der Waals surface area (Å²) in [7, 11) is 3.45. The molecule has 3 heterocycles. The van der Waals surface area contributed by atoms with Crippen LogP contribution in [0.3, 0.4) is 0 Å². The van der Waals surface area contributed by atoms with E-state index in [0.29, 0.717) is 44.4 Å². The van der Waals surface area contributed by atoms with Gasteiger partial charge in [0, 0.05) is 46.3 Å². The van der Waals surface area contributed by atoms with Crippen LogP contribution in [0, 0.1) is 0 Å². The summed E-state index contributed by atoms with van der Waals surface area (Å²) >= 11 is 0. The van der Waals surface area contributed by atoms with Gasteiger partial charge in [-0.2, -0.15) is 18.3 Å². The minimum Gasteiger partial charge on any atom is -0.368 e. The lowest BCUT2D eigenvalue weighted by Crippen LogP contribution is -2.46. The molecule has 1 fully saturated rings. The van der Waals surface area contributed by atoms with Crippen LogP contribution in [0.5, 0.6) is 0 Å². The molecule has 0 aromatic carbocycles. The molecule has 1 atom stereocenters. The quantitative estimate of drug-likeness (QED) is 0.225. The maximum absolute atomic E-state index is 12.5. The van der Waals surface area contributed by atoms with E-state index in [9.17, 15) is 13.2 Å². The van der Waals surface area contributed by atoms with Crippen molar-refractivity contribution in [2.45, 2.75) is 18.6 Å². The molecule has 9 nitrogen and oxygen atoms in total. The predicted molar refractivity (Wildman–Crippen MR) is 116 cm³/mol. The molecule has 1 unspecified atom stereocenters. The number of hydrogen-bond donors (Lipinski definition) is 3. The van der Waals surface area contributed by atoms with Crippen molar-refractivity contribution in [2.24, 2.45) is 12.0 Å². The number of fused-ring (bicyclic) bond motifs is 1. The van der Waals surface area contributed by atoms with E-state index in [1.165, 1.54) is 11.2 Å². The highest BCUT2D eigenvalue weighted by molar-refractivity contribution is 14.0. The maximum Gasteiger partial charge on any atom is 0.401 e. The van der Waals surface area contributed by atoms with Gasteiger partial charge in [-0.3, -0.25) is 14.6 Å².